The van der Waals surface area contributed by atoms with Crippen LogP contribution in [0.25, 0.3) is 0 Å². The first-order valence-electron chi connectivity index (χ1n) is 8.19. The summed E-state index contributed by atoms with van der Waals surface area (Å²) in [7, 11) is 0. The highest BCUT2D eigenvalue weighted by atomic mass is 35.5. The average Bonchev–Trinajstić information content (AvgIpc) is 2.67. The van der Waals surface area contributed by atoms with Crippen molar-refractivity contribution in [2.24, 2.45) is 0 Å². The maximum absolute atomic E-state index is 12.7. The smallest absolute Gasteiger partial charge is 0.387 e. The highest BCUT2D eigenvalue weighted by Gasteiger charge is 2.18. The number of nitrogens with one attached hydrogen (secondary N) is 1. The SMILES string of the molecule is O=C(N[C@@H](c1ccccc1)c1ccc(OC(F)F)cc1)c1cccc(Cl)c1. The molecule has 0 bridgehead atoms. The number of ether oxygens (including phenoxy) is 1. The topological polar surface area (TPSA) is 38.3 Å². The zero-order valence-electron chi connectivity index (χ0n) is 14.1. The monoisotopic (exact) mass is 387 g/mol. The first-order chi connectivity index (χ1) is 13.0. The summed E-state index contributed by atoms with van der Waals surface area (Å²) in [5.74, 6) is -0.235. The fourth-order valence-corrected chi connectivity index (χ4v) is 2.88. The van der Waals surface area contributed by atoms with E-state index in [1.807, 2.05) is 30.3 Å². The minimum Gasteiger partial charge on any atom is -0.435 e. The van der Waals surface area contributed by atoms with Crippen LogP contribution >= 0.6 is 11.6 Å². The Bertz CT molecular complexity index is 902. The molecule has 0 aromatic heterocycles. The maximum Gasteiger partial charge on any atom is 0.387 e. The Morgan fingerprint density at radius 2 is 1.56 bits per heavy atom. The molecule has 0 aliphatic rings. The van der Waals surface area contributed by atoms with Crippen molar-refractivity contribution in [3.8, 4) is 5.75 Å². The lowest BCUT2D eigenvalue weighted by molar-refractivity contribution is -0.0498. The van der Waals surface area contributed by atoms with E-state index in [9.17, 15) is 13.6 Å². The summed E-state index contributed by atoms with van der Waals surface area (Å²) in [4.78, 5) is 12.7. The standard InChI is InChI=1S/C21H16ClF2NO2/c22-17-8-4-7-16(13-17)20(26)25-19(14-5-2-1-3-6-14)15-9-11-18(12-10-15)27-21(23)24/h1-13,19,21H,(H,25,26)/t19-/m0/s1. The van der Waals surface area contributed by atoms with Gasteiger partial charge in [-0.25, -0.2) is 0 Å². The van der Waals surface area contributed by atoms with Crippen LogP contribution in [0.1, 0.15) is 27.5 Å². The van der Waals surface area contributed by atoms with Crippen LogP contribution in [0, 0.1) is 0 Å². The number of benzene rings is 3. The molecular formula is C21H16ClF2NO2. The molecule has 6 heteroatoms. The fourth-order valence-electron chi connectivity index (χ4n) is 2.69. The number of amides is 1. The number of halogens is 3. The minimum atomic E-state index is -2.89. The van der Waals surface area contributed by atoms with Crippen molar-refractivity contribution in [3.05, 3.63) is 101 Å². The number of carbonyl (C=O) groups is 1. The van der Waals surface area contributed by atoms with E-state index in [1.165, 1.54) is 12.1 Å². The molecule has 0 radical (unpaired) electrons. The molecule has 138 valence electrons. The Morgan fingerprint density at radius 3 is 2.19 bits per heavy atom. The summed E-state index contributed by atoms with van der Waals surface area (Å²) in [5, 5.41) is 3.43. The third-order valence-electron chi connectivity index (χ3n) is 3.93. The average molecular weight is 388 g/mol. The molecule has 1 atom stereocenters. The molecule has 3 nitrogen and oxygen atoms in total. The lowest BCUT2D eigenvalue weighted by atomic mass is 9.98. The summed E-state index contributed by atoms with van der Waals surface area (Å²) in [6.07, 6.45) is 0. The van der Waals surface area contributed by atoms with E-state index >= 15 is 0 Å². The highest BCUT2D eigenvalue weighted by molar-refractivity contribution is 6.30. The van der Waals surface area contributed by atoms with E-state index in [0.717, 1.165) is 11.1 Å². The van der Waals surface area contributed by atoms with Gasteiger partial charge in [-0.15, -0.1) is 0 Å². The van der Waals surface area contributed by atoms with E-state index < -0.39 is 12.7 Å². The molecule has 0 aliphatic carbocycles. The Morgan fingerprint density at radius 1 is 0.889 bits per heavy atom. The molecule has 3 aromatic carbocycles. The third kappa shape index (κ3) is 5.05. The van der Waals surface area contributed by atoms with Crippen LogP contribution in [0.5, 0.6) is 5.75 Å². The van der Waals surface area contributed by atoms with Crippen molar-refractivity contribution in [1.82, 2.24) is 5.32 Å². The molecule has 3 rings (SSSR count). The number of hydrogen-bond donors (Lipinski definition) is 1. The van der Waals surface area contributed by atoms with Crippen LogP contribution in [0.15, 0.2) is 78.9 Å². The van der Waals surface area contributed by atoms with Crippen LogP contribution in [0.2, 0.25) is 5.02 Å². The van der Waals surface area contributed by atoms with Crippen LogP contribution in [0.3, 0.4) is 0 Å². The number of alkyl halides is 2. The quantitative estimate of drug-likeness (QED) is 0.609. The van der Waals surface area contributed by atoms with Gasteiger partial charge in [0.1, 0.15) is 5.75 Å². The summed E-state index contributed by atoms with van der Waals surface area (Å²) >= 11 is 5.96. The van der Waals surface area contributed by atoms with Gasteiger partial charge in [0.15, 0.2) is 0 Å². The number of carbonyl (C=O) groups excluding carboxylic acids is 1. The van der Waals surface area contributed by atoms with Gasteiger partial charge in [0.05, 0.1) is 6.04 Å². The molecule has 3 aromatic rings. The Hall–Kier alpha value is -2.92. The van der Waals surface area contributed by atoms with E-state index in [-0.39, 0.29) is 11.7 Å². The molecule has 0 spiro atoms. The molecule has 0 aliphatic heterocycles. The van der Waals surface area contributed by atoms with Crippen molar-refractivity contribution in [1.29, 1.82) is 0 Å². The van der Waals surface area contributed by atoms with Gasteiger partial charge < -0.3 is 10.1 Å². The van der Waals surface area contributed by atoms with Crippen LogP contribution in [-0.4, -0.2) is 12.5 Å². The van der Waals surface area contributed by atoms with E-state index in [4.69, 9.17) is 11.6 Å². The van der Waals surface area contributed by atoms with Gasteiger partial charge >= 0.3 is 6.61 Å². The second-order valence-corrected chi connectivity index (χ2v) is 6.21. The highest BCUT2D eigenvalue weighted by Crippen LogP contribution is 2.25. The molecular weight excluding hydrogens is 372 g/mol. The summed E-state index contributed by atoms with van der Waals surface area (Å²) in [6, 6.07) is 21.7. The number of rotatable bonds is 6. The summed E-state index contributed by atoms with van der Waals surface area (Å²) in [5.41, 5.74) is 2.02. The molecule has 0 fully saturated rings. The molecule has 0 heterocycles. The Labute approximate surface area is 160 Å². The van der Waals surface area contributed by atoms with Gasteiger partial charge in [-0.05, 0) is 41.5 Å². The van der Waals surface area contributed by atoms with E-state index in [0.29, 0.717) is 10.6 Å². The van der Waals surface area contributed by atoms with Crippen molar-refractivity contribution in [3.63, 3.8) is 0 Å². The lowest BCUT2D eigenvalue weighted by Gasteiger charge is -2.20. The second kappa shape index (κ2) is 8.64. The first kappa shape index (κ1) is 18.9. The van der Waals surface area contributed by atoms with Gasteiger partial charge in [0, 0.05) is 10.6 Å². The van der Waals surface area contributed by atoms with Crippen LogP contribution < -0.4 is 10.1 Å². The number of hydrogen-bond acceptors (Lipinski definition) is 2. The van der Waals surface area contributed by atoms with Gasteiger partial charge in [-0.1, -0.05) is 60.1 Å². The van der Waals surface area contributed by atoms with Gasteiger partial charge in [-0.3, -0.25) is 4.79 Å². The first-order valence-corrected chi connectivity index (χ1v) is 8.57. The zero-order valence-corrected chi connectivity index (χ0v) is 14.9. The predicted molar refractivity (Wildman–Crippen MR) is 100 cm³/mol. The van der Waals surface area contributed by atoms with Crippen LogP contribution in [0.4, 0.5) is 8.78 Å². The third-order valence-corrected chi connectivity index (χ3v) is 4.17. The molecule has 0 unspecified atom stereocenters. The molecule has 0 saturated carbocycles. The van der Waals surface area contributed by atoms with Gasteiger partial charge in [-0.2, -0.15) is 8.78 Å². The van der Waals surface area contributed by atoms with Crippen LogP contribution in [-0.2, 0) is 0 Å². The van der Waals surface area contributed by atoms with E-state index in [1.54, 1.807) is 36.4 Å². The van der Waals surface area contributed by atoms with Crippen molar-refractivity contribution < 1.29 is 18.3 Å². The fraction of sp³-hybridized carbons (Fsp3) is 0.0952. The second-order valence-electron chi connectivity index (χ2n) is 5.78. The maximum atomic E-state index is 12.7. The van der Waals surface area contributed by atoms with Crippen molar-refractivity contribution in [2.75, 3.05) is 0 Å². The minimum absolute atomic E-state index is 0.0572. The molecule has 1 amide bonds. The lowest BCUT2D eigenvalue weighted by Crippen LogP contribution is -2.29. The summed E-state index contributed by atoms with van der Waals surface area (Å²) in [6.45, 7) is -2.89. The van der Waals surface area contributed by atoms with Crippen molar-refractivity contribution >= 4 is 17.5 Å². The molecule has 27 heavy (non-hydrogen) atoms. The normalized spacial score (nSPS) is 11.9. The summed E-state index contributed by atoms with van der Waals surface area (Å²) < 4.78 is 29.1. The molecule has 0 saturated heterocycles. The van der Waals surface area contributed by atoms with E-state index in [2.05, 4.69) is 10.1 Å². The Balaban J connectivity index is 1.89. The largest absolute Gasteiger partial charge is 0.435 e. The zero-order chi connectivity index (χ0) is 19.2. The van der Waals surface area contributed by atoms with Crippen molar-refractivity contribution in [2.45, 2.75) is 12.7 Å². The van der Waals surface area contributed by atoms with Gasteiger partial charge in [0.25, 0.3) is 5.91 Å². The van der Waals surface area contributed by atoms with Gasteiger partial charge in [0.2, 0.25) is 0 Å². The molecule has 1 N–H and O–H groups in total. The predicted octanol–water partition coefficient (Wildman–Crippen LogP) is 5.46. The Kier molecular flexibility index (Phi) is 6.04.